The number of nitrogens with one attached hydrogen (secondary N) is 1. The van der Waals surface area contributed by atoms with E-state index in [0.29, 0.717) is 17.5 Å². The van der Waals surface area contributed by atoms with E-state index < -0.39 is 0 Å². The zero-order valence-electron chi connectivity index (χ0n) is 8.90. The summed E-state index contributed by atoms with van der Waals surface area (Å²) in [6, 6.07) is 5.45. The molecule has 16 heavy (non-hydrogen) atoms. The van der Waals surface area contributed by atoms with E-state index in [1.54, 1.807) is 12.3 Å². The molecule has 2 aromatic heterocycles. The fourth-order valence-electron chi connectivity index (χ4n) is 1.30. The predicted octanol–water partition coefficient (Wildman–Crippen LogP) is 2.90. The van der Waals surface area contributed by atoms with Crippen molar-refractivity contribution in [3.8, 4) is 0 Å². The monoisotopic (exact) mass is 237 g/mol. The van der Waals surface area contributed by atoms with Gasteiger partial charge in [0.1, 0.15) is 22.6 Å². The largest absolute Gasteiger partial charge is 0.467 e. The van der Waals surface area contributed by atoms with Crippen molar-refractivity contribution in [3.05, 3.63) is 41.2 Å². The Balaban J connectivity index is 2.06. The van der Waals surface area contributed by atoms with Gasteiger partial charge in [0.05, 0.1) is 12.8 Å². The summed E-state index contributed by atoms with van der Waals surface area (Å²) < 4.78 is 5.20. The SMILES string of the molecule is CCc1nc(Cl)cc(NCc2ccco2)n1. The molecule has 0 fully saturated rings. The minimum Gasteiger partial charge on any atom is -0.467 e. The van der Waals surface area contributed by atoms with Gasteiger partial charge in [0.25, 0.3) is 0 Å². The lowest BCUT2D eigenvalue weighted by Crippen LogP contribution is -2.03. The second kappa shape index (κ2) is 4.99. The molecule has 5 heteroatoms. The summed E-state index contributed by atoms with van der Waals surface area (Å²) in [7, 11) is 0. The topological polar surface area (TPSA) is 51.0 Å². The highest BCUT2D eigenvalue weighted by atomic mass is 35.5. The van der Waals surface area contributed by atoms with E-state index in [2.05, 4.69) is 15.3 Å². The lowest BCUT2D eigenvalue weighted by atomic mass is 10.4. The van der Waals surface area contributed by atoms with Gasteiger partial charge in [-0.2, -0.15) is 0 Å². The Bertz CT molecular complexity index is 456. The molecule has 2 rings (SSSR count). The van der Waals surface area contributed by atoms with Gasteiger partial charge in [-0.3, -0.25) is 0 Å². The van der Waals surface area contributed by atoms with Gasteiger partial charge in [0, 0.05) is 12.5 Å². The van der Waals surface area contributed by atoms with Crippen molar-refractivity contribution >= 4 is 17.4 Å². The molecular formula is C11H12ClN3O. The Morgan fingerprint density at radius 1 is 1.44 bits per heavy atom. The van der Waals surface area contributed by atoms with Crippen molar-refractivity contribution in [2.45, 2.75) is 19.9 Å². The number of nitrogens with zero attached hydrogens (tertiary/aromatic N) is 2. The first kappa shape index (κ1) is 11.0. The number of anilines is 1. The average molecular weight is 238 g/mol. The minimum atomic E-state index is 0.453. The molecule has 1 N–H and O–H groups in total. The Morgan fingerprint density at radius 2 is 2.31 bits per heavy atom. The van der Waals surface area contributed by atoms with Crippen molar-refractivity contribution in [2.75, 3.05) is 5.32 Å². The first-order valence-electron chi connectivity index (χ1n) is 5.07. The van der Waals surface area contributed by atoms with Gasteiger partial charge in [-0.25, -0.2) is 9.97 Å². The molecule has 84 valence electrons. The molecule has 0 aliphatic carbocycles. The van der Waals surface area contributed by atoms with Gasteiger partial charge >= 0.3 is 0 Å². The summed E-state index contributed by atoms with van der Waals surface area (Å²) in [4.78, 5) is 8.39. The zero-order valence-corrected chi connectivity index (χ0v) is 9.66. The summed E-state index contributed by atoms with van der Waals surface area (Å²) in [5.41, 5.74) is 0. The van der Waals surface area contributed by atoms with Gasteiger partial charge in [0.15, 0.2) is 0 Å². The summed E-state index contributed by atoms with van der Waals surface area (Å²) >= 11 is 5.87. The lowest BCUT2D eigenvalue weighted by Gasteiger charge is -2.05. The third-order valence-corrected chi connectivity index (χ3v) is 2.27. The van der Waals surface area contributed by atoms with Crippen molar-refractivity contribution < 1.29 is 4.42 Å². The first-order chi connectivity index (χ1) is 7.78. The Hall–Kier alpha value is -1.55. The van der Waals surface area contributed by atoms with Crippen molar-refractivity contribution in [1.29, 1.82) is 0 Å². The van der Waals surface area contributed by atoms with Crippen LogP contribution in [0, 0.1) is 0 Å². The van der Waals surface area contributed by atoms with Crippen LogP contribution >= 0.6 is 11.6 Å². The lowest BCUT2D eigenvalue weighted by molar-refractivity contribution is 0.517. The van der Waals surface area contributed by atoms with Crippen LogP contribution in [0.1, 0.15) is 18.5 Å². The third-order valence-electron chi connectivity index (χ3n) is 2.08. The summed E-state index contributed by atoms with van der Waals surface area (Å²) in [5, 5.41) is 3.59. The Morgan fingerprint density at radius 3 is 3.00 bits per heavy atom. The maximum Gasteiger partial charge on any atom is 0.134 e. The smallest absolute Gasteiger partial charge is 0.134 e. The van der Waals surface area contributed by atoms with E-state index in [0.717, 1.165) is 18.0 Å². The Labute approximate surface area is 98.7 Å². The van der Waals surface area contributed by atoms with Crippen LogP contribution in [-0.2, 0) is 13.0 Å². The summed E-state index contributed by atoms with van der Waals surface area (Å²) in [6.45, 7) is 2.57. The molecule has 2 heterocycles. The summed E-state index contributed by atoms with van der Waals surface area (Å²) in [5.74, 6) is 2.30. The molecule has 0 saturated heterocycles. The molecule has 0 amide bonds. The van der Waals surface area contributed by atoms with Crippen molar-refractivity contribution in [3.63, 3.8) is 0 Å². The van der Waals surface area contributed by atoms with Crippen LogP contribution in [0.25, 0.3) is 0 Å². The number of halogens is 1. The molecule has 0 unspecified atom stereocenters. The van der Waals surface area contributed by atoms with Crippen LogP contribution in [0.5, 0.6) is 0 Å². The molecule has 0 radical (unpaired) electrons. The van der Waals surface area contributed by atoms with Gasteiger partial charge in [-0.15, -0.1) is 0 Å². The number of rotatable bonds is 4. The van der Waals surface area contributed by atoms with Crippen LogP contribution in [-0.4, -0.2) is 9.97 Å². The van der Waals surface area contributed by atoms with Gasteiger partial charge in [-0.05, 0) is 12.1 Å². The van der Waals surface area contributed by atoms with E-state index in [-0.39, 0.29) is 0 Å². The van der Waals surface area contributed by atoms with Gasteiger partial charge in [-0.1, -0.05) is 18.5 Å². The predicted molar refractivity (Wildman–Crippen MR) is 62.5 cm³/mol. The fourth-order valence-corrected chi connectivity index (χ4v) is 1.51. The van der Waals surface area contributed by atoms with E-state index in [9.17, 15) is 0 Å². The quantitative estimate of drug-likeness (QED) is 0.831. The standard InChI is InChI=1S/C11H12ClN3O/c1-2-10-14-9(12)6-11(15-10)13-7-8-4-3-5-16-8/h3-6H,2,7H2,1H3,(H,13,14,15). The highest BCUT2D eigenvalue weighted by Gasteiger charge is 2.02. The van der Waals surface area contributed by atoms with Crippen LogP contribution in [0.3, 0.4) is 0 Å². The highest BCUT2D eigenvalue weighted by Crippen LogP contribution is 2.13. The van der Waals surface area contributed by atoms with Crippen LogP contribution < -0.4 is 5.32 Å². The van der Waals surface area contributed by atoms with Crippen LogP contribution in [0.2, 0.25) is 5.15 Å². The highest BCUT2D eigenvalue weighted by molar-refractivity contribution is 6.29. The van der Waals surface area contributed by atoms with Crippen LogP contribution in [0.15, 0.2) is 28.9 Å². The first-order valence-corrected chi connectivity index (χ1v) is 5.45. The molecule has 0 aliphatic heterocycles. The number of hydrogen-bond donors (Lipinski definition) is 1. The van der Waals surface area contributed by atoms with Crippen LogP contribution in [0.4, 0.5) is 5.82 Å². The van der Waals surface area contributed by atoms with E-state index in [1.165, 1.54) is 0 Å². The molecule has 2 aromatic rings. The van der Waals surface area contributed by atoms with Crippen molar-refractivity contribution in [2.24, 2.45) is 0 Å². The van der Waals surface area contributed by atoms with Gasteiger partial charge < -0.3 is 9.73 Å². The second-order valence-electron chi connectivity index (χ2n) is 3.28. The third kappa shape index (κ3) is 2.73. The average Bonchev–Trinajstić information content (AvgIpc) is 2.78. The number of aromatic nitrogens is 2. The maximum atomic E-state index is 5.87. The molecule has 0 aromatic carbocycles. The van der Waals surface area contributed by atoms with E-state index in [1.807, 2.05) is 19.1 Å². The van der Waals surface area contributed by atoms with Crippen molar-refractivity contribution in [1.82, 2.24) is 9.97 Å². The van der Waals surface area contributed by atoms with E-state index in [4.69, 9.17) is 16.0 Å². The molecule has 0 atom stereocenters. The normalized spacial score (nSPS) is 10.4. The summed E-state index contributed by atoms with van der Waals surface area (Å²) in [6.07, 6.45) is 2.40. The molecule has 0 aliphatic rings. The van der Waals surface area contributed by atoms with E-state index >= 15 is 0 Å². The maximum absolute atomic E-state index is 5.87. The minimum absolute atomic E-state index is 0.453. The molecule has 0 bridgehead atoms. The second-order valence-corrected chi connectivity index (χ2v) is 3.67. The molecule has 4 nitrogen and oxygen atoms in total. The number of hydrogen-bond acceptors (Lipinski definition) is 4. The zero-order chi connectivity index (χ0) is 11.4. The van der Waals surface area contributed by atoms with Gasteiger partial charge in [0.2, 0.25) is 0 Å². The number of furan rings is 1. The molecule has 0 saturated carbocycles. The molecular weight excluding hydrogens is 226 g/mol. The Kier molecular flexibility index (Phi) is 3.41. The number of aryl methyl sites for hydroxylation is 1. The fraction of sp³-hybridized carbons (Fsp3) is 0.273. The molecule has 0 spiro atoms.